The van der Waals surface area contributed by atoms with Gasteiger partial charge in [-0.2, -0.15) is 11.8 Å². The van der Waals surface area contributed by atoms with Crippen LogP contribution in [0.25, 0.3) is 0 Å². The van der Waals surface area contributed by atoms with Crippen molar-refractivity contribution in [1.29, 1.82) is 0 Å². The molecule has 0 fully saturated rings. The van der Waals surface area contributed by atoms with Gasteiger partial charge < -0.3 is 5.73 Å². The first-order valence-electron chi connectivity index (χ1n) is 5.82. The predicted octanol–water partition coefficient (Wildman–Crippen LogP) is 2.84. The number of nitrogens with two attached hydrogens (primary N) is 1. The fourth-order valence-electron chi connectivity index (χ4n) is 1.70. The second-order valence-electron chi connectivity index (χ2n) is 3.91. The molecule has 1 aromatic carbocycles. The number of hydrogen-bond acceptors (Lipinski definition) is 3. The van der Waals surface area contributed by atoms with Gasteiger partial charge in [0, 0.05) is 12.2 Å². The molecule has 1 rings (SSSR count). The zero-order valence-corrected chi connectivity index (χ0v) is 11.1. The molecule has 0 radical (unpaired) electrons. The van der Waals surface area contributed by atoms with E-state index in [2.05, 4.69) is 30.2 Å². The molecule has 3 heteroatoms. The smallest absolute Gasteiger partial charge is 0.0359 e. The normalized spacial score (nSPS) is 10.9. The number of benzene rings is 1. The van der Waals surface area contributed by atoms with Gasteiger partial charge in [-0.3, -0.25) is 4.90 Å². The van der Waals surface area contributed by atoms with E-state index in [9.17, 15) is 0 Å². The Morgan fingerprint density at radius 1 is 1.31 bits per heavy atom. The van der Waals surface area contributed by atoms with Crippen LogP contribution in [0.2, 0.25) is 0 Å². The predicted molar refractivity (Wildman–Crippen MR) is 74.8 cm³/mol. The van der Waals surface area contributed by atoms with Crippen LogP contribution in [0.3, 0.4) is 0 Å². The fraction of sp³-hybridized carbons (Fsp3) is 0.538. The largest absolute Gasteiger partial charge is 0.398 e. The zero-order chi connectivity index (χ0) is 11.8. The van der Waals surface area contributed by atoms with E-state index in [1.807, 2.05) is 23.9 Å². The third-order valence-electron chi connectivity index (χ3n) is 2.72. The second-order valence-corrected chi connectivity index (χ2v) is 4.90. The van der Waals surface area contributed by atoms with E-state index < -0.39 is 0 Å². The Balaban J connectivity index is 2.46. The lowest BCUT2D eigenvalue weighted by Crippen LogP contribution is -2.24. The van der Waals surface area contributed by atoms with E-state index >= 15 is 0 Å². The van der Waals surface area contributed by atoms with E-state index in [1.165, 1.54) is 17.7 Å². The van der Waals surface area contributed by atoms with Crippen LogP contribution in [-0.2, 0) is 6.54 Å². The summed E-state index contributed by atoms with van der Waals surface area (Å²) >= 11 is 1.91. The first-order valence-corrected chi connectivity index (χ1v) is 7.22. The molecule has 2 N–H and O–H groups in total. The minimum Gasteiger partial charge on any atom is -0.398 e. The number of anilines is 1. The summed E-state index contributed by atoms with van der Waals surface area (Å²) in [6.07, 6.45) is 3.41. The second kappa shape index (κ2) is 7.58. The average Bonchev–Trinajstić information content (AvgIpc) is 2.30. The molecule has 0 aliphatic carbocycles. The van der Waals surface area contributed by atoms with Crippen LogP contribution in [-0.4, -0.2) is 30.0 Å². The molecular weight excluding hydrogens is 216 g/mol. The Morgan fingerprint density at radius 3 is 2.69 bits per heavy atom. The van der Waals surface area contributed by atoms with E-state index in [-0.39, 0.29) is 0 Å². The van der Waals surface area contributed by atoms with Gasteiger partial charge in [-0.15, -0.1) is 0 Å². The van der Waals surface area contributed by atoms with Gasteiger partial charge in [0.2, 0.25) is 0 Å². The molecule has 90 valence electrons. The van der Waals surface area contributed by atoms with Gasteiger partial charge >= 0.3 is 0 Å². The van der Waals surface area contributed by atoms with Crippen LogP contribution in [0.4, 0.5) is 5.69 Å². The highest BCUT2D eigenvalue weighted by molar-refractivity contribution is 7.98. The van der Waals surface area contributed by atoms with Crippen molar-refractivity contribution in [3.05, 3.63) is 29.8 Å². The van der Waals surface area contributed by atoms with Crippen molar-refractivity contribution in [3.63, 3.8) is 0 Å². The molecular formula is C13H22N2S. The molecule has 0 atom stereocenters. The molecule has 0 aliphatic heterocycles. The zero-order valence-electron chi connectivity index (χ0n) is 10.3. The standard InChI is InChI=1S/C13H22N2S/c1-3-15(9-6-10-16-2)11-12-7-4-5-8-13(12)14/h4-5,7-8H,3,6,9-11,14H2,1-2H3. The SMILES string of the molecule is CCN(CCCSC)Cc1ccccc1N. The summed E-state index contributed by atoms with van der Waals surface area (Å²) in [5.74, 6) is 1.24. The van der Waals surface area contributed by atoms with Crippen molar-refractivity contribution in [1.82, 2.24) is 4.90 Å². The lowest BCUT2D eigenvalue weighted by atomic mass is 10.1. The van der Waals surface area contributed by atoms with E-state index in [0.717, 1.165) is 25.3 Å². The molecule has 0 unspecified atom stereocenters. The van der Waals surface area contributed by atoms with Gasteiger partial charge in [0.15, 0.2) is 0 Å². The summed E-state index contributed by atoms with van der Waals surface area (Å²) in [6.45, 7) is 5.42. The van der Waals surface area contributed by atoms with Crippen LogP contribution < -0.4 is 5.73 Å². The highest BCUT2D eigenvalue weighted by atomic mass is 32.2. The van der Waals surface area contributed by atoms with Crippen molar-refractivity contribution in [2.24, 2.45) is 0 Å². The lowest BCUT2D eigenvalue weighted by Gasteiger charge is -2.21. The monoisotopic (exact) mass is 238 g/mol. The topological polar surface area (TPSA) is 29.3 Å². The molecule has 1 aromatic rings. The van der Waals surface area contributed by atoms with E-state index in [0.29, 0.717) is 0 Å². The third-order valence-corrected chi connectivity index (χ3v) is 3.42. The van der Waals surface area contributed by atoms with Gasteiger partial charge in [0.1, 0.15) is 0 Å². The quantitative estimate of drug-likeness (QED) is 0.585. The van der Waals surface area contributed by atoms with Gasteiger partial charge in [0.05, 0.1) is 0 Å². The van der Waals surface area contributed by atoms with Crippen molar-refractivity contribution in [3.8, 4) is 0 Å². The molecule has 0 spiro atoms. The molecule has 0 saturated heterocycles. The van der Waals surface area contributed by atoms with E-state index in [1.54, 1.807) is 0 Å². The van der Waals surface area contributed by atoms with Crippen LogP contribution in [0.15, 0.2) is 24.3 Å². The summed E-state index contributed by atoms with van der Waals surface area (Å²) in [6, 6.07) is 8.14. The molecule has 0 bridgehead atoms. The summed E-state index contributed by atoms with van der Waals surface area (Å²) in [5.41, 5.74) is 8.10. The van der Waals surface area contributed by atoms with Gasteiger partial charge in [0.25, 0.3) is 0 Å². The molecule has 0 amide bonds. The van der Waals surface area contributed by atoms with Gasteiger partial charge in [-0.1, -0.05) is 25.1 Å². The van der Waals surface area contributed by atoms with Crippen LogP contribution in [0.5, 0.6) is 0 Å². The molecule has 0 saturated carbocycles. The maximum Gasteiger partial charge on any atom is 0.0359 e. The molecule has 0 heterocycles. The summed E-state index contributed by atoms with van der Waals surface area (Å²) in [4.78, 5) is 2.45. The number of para-hydroxylation sites is 1. The van der Waals surface area contributed by atoms with Crippen molar-refractivity contribution >= 4 is 17.4 Å². The molecule has 0 aromatic heterocycles. The minimum atomic E-state index is 0.908. The number of nitrogens with zero attached hydrogens (tertiary/aromatic N) is 1. The van der Waals surface area contributed by atoms with Crippen molar-refractivity contribution < 1.29 is 0 Å². The third kappa shape index (κ3) is 4.45. The van der Waals surface area contributed by atoms with Crippen molar-refractivity contribution in [2.75, 3.05) is 30.8 Å². The summed E-state index contributed by atoms with van der Waals surface area (Å²) < 4.78 is 0. The van der Waals surface area contributed by atoms with Gasteiger partial charge in [-0.25, -0.2) is 0 Å². The minimum absolute atomic E-state index is 0.908. The highest BCUT2D eigenvalue weighted by Crippen LogP contribution is 2.13. The van der Waals surface area contributed by atoms with Crippen molar-refractivity contribution in [2.45, 2.75) is 19.9 Å². The Hall–Kier alpha value is -0.670. The van der Waals surface area contributed by atoms with E-state index in [4.69, 9.17) is 5.73 Å². The van der Waals surface area contributed by atoms with Crippen LogP contribution in [0.1, 0.15) is 18.9 Å². The Bertz CT molecular complexity index is 302. The average molecular weight is 238 g/mol. The maximum absolute atomic E-state index is 5.95. The van der Waals surface area contributed by atoms with Crippen LogP contribution >= 0.6 is 11.8 Å². The first kappa shape index (κ1) is 13.4. The fourth-order valence-corrected chi connectivity index (χ4v) is 2.12. The Kier molecular flexibility index (Phi) is 6.34. The van der Waals surface area contributed by atoms with Gasteiger partial charge in [-0.05, 0) is 43.1 Å². The lowest BCUT2D eigenvalue weighted by molar-refractivity contribution is 0.282. The first-order chi connectivity index (χ1) is 7.77. The highest BCUT2D eigenvalue weighted by Gasteiger charge is 2.05. The molecule has 0 aliphatic rings. The number of rotatable bonds is 7. The molecule has 16 heavy (non-hydrogen) atoms. The summed E-state index contributed by atoms with van der Waals surface area (Å²) in [7, 11) is 0. The Morgan fingerprint density at radius 2 is 2.06 bits per heavy atom. The Labute approximate surface area is 103 Å². The molecule has 2 nitrogen and oxygen atoms in total. The number of nitrogen functional groups attached to an aromatic ring is 1. The van der Waals surface area contributed by atoms with Crippen LogP contribution in [0, 0.1) is 0 Å². The maximum atomic E-state index is 5.95. The number of thioether (sulfide) groups is 1. The summed E-state index contributed by atoms with van der Waals surface area (Å²) in [5, 5.41) is 0. The number of hydrogen-bond donors (Lipinski definition) is 1.